The minimum atomic E-state index is -0.0351. The van der Waals surface area contributed by atoms with Crippen LogP contribution in [0.15, 0.2) is 12.7 Å². The third kappa shape index (κ3) is 4.42. The molecule has 104 valence electrons. The zero-order valence-electron chi connectivity index (χ0n) is 11.7. The van der Waals surface area contributed by atoms with E-state index < -0.39 is 0 Å². The van der Waals surface area contributed by atoms with E-state index >= 15 is 0 Å². The van der Waals surface area contributed by atoms with Crippen molar-refractivity contribution in [3.63, 3.8) is 0 Å². The van der Waals surface area contributed by atoms with E-state index in [1.165, 1.54) is 19.3 Å². The maximum Gasteiger partial charge on any atom is 0.237 e. The predicted molar refractivity (Wildman–Crippen MR) is 75.6 cm³/mol. The molecule has 2 N–H and O–H groups in total. The molecule has 0 aromatic heterocycles. The van der Waals surface area contributed by atoms with Crippen molar-refractivity contribution in [2.24, 2.45) is 0 Å². The molecule has 1 amide bonds. The van der Waals surface area contributed by atoms with Crippen LogP contribution in [0.25, 0.3) is 0 Å². The van der Waals surface area contributed by atoms with Crippen LogP contribution in [0.1, 0.15) is 32.6 Å². The van der Waals surface area contributed by atoms with E-state index in [2.05, 4.69) is 22.1 Å². The molecule has 1 saturated heterocycles. The lowest BCUT2D eigenvalue weighted by Crippen LogP contribution is -2.52. The number of amides is 1. The normalized spacial score (nSPS) is 22.4. The van der Waals surface area contributed by atoms with E-state index in [0.717, 1.165) is 19.5 Å². The van der Waals surface area contributed by atoms with Crippen molar-refractivity contribution < 1.29 is 4.79 Å². The highest BCUT2D eigenvalue weighted by Crippen LogP contribution is 2.21. The minimum absolute atomic E-state index is 0.0351. The van der Waals surface area contributed by atoms with Crippen LogP contribution in [0.2, 0.25) is 0 Å². The van der Waals surface area contributed by atoms with Gasteiger partial charge in [0.2, 0.25) is 5.91 Å². The van der Waals surface area contributed by atoms with Crippen molar-refractivity contribution in [3.05, 3.63) is 12.7 Å². The van der Waals surface area contributed by atoms with Gasteiger partial charge in [-0.15, -0.1) is 6.58 Å². The van der Waals surface area contributed by atoms with Crippen LogP contribution in [-0.2, 0) is 4.79 Å². The van der Waals surface area contributed by atoms with Gasteiger partial charge in [-0.2, -0.15) is 0 Å². The molecule has 0 aromatic carbocycles. The van der Waals surface area contributed by atoms with Gasteiger partial charge < -0.3 is 10.6 Å². The van der Waals surface area contributed by atoms with Gasteiger partial charge in [-0.05, 0) is 46.3 Å². The van der Waals surface area contributed by atoms with Crippen LogP contribution >= 0.6 is 0 Å². The summed E-state index contributed by atoms with van der Waals surface area (Å²) >= 11 is 0. The van der Waals surface area contributed by atoms with Crippen LogP contribution in [0.4, 0.5) is 0 Å². The molecule has 0 aliphatic carbocycles. The first-order valence-corrected chi connectivity index (χ1v) is 6.99. The number of likely N-dealkylation sites (tertiary alicyclic amines) is 1. The average molecular weight is 253 g/mol. The summed E-state index contributed by atoms with van der Waals surface area (Å²) in [6.07, 6.45) is 6.54. The molecule has 4 nitrogen and oxygen atoms in total. The smallest absolute Gasteiger partial charge is 0.237 e. The maximum absolute atomic E-state index is 12.0. The second-order valence-corrected chi connectivity index (χ2v) is 4.99. The molecule has 0 aromatic rings. The van der Waals surface area contributed by atoms with Crippen molar-refractivity contribution >= 4 is 5.91 Å². The first kappa shape index (κ1) is 15.2. The van der Waals surface area contributed by atoms with E-state index in [-0.39, 0.29) is 11.9 Å². The van der Waals surface area contributed by atoms with Gasteiger partial charge in [0.05, 0.1) is 6.04 Å². The summed E-state index contributed by atoms with van der Waals surface area (Å²) in [5.74, 6) is 0.117. The highest BCUT2D eigenvalue weighted by atomic mass is 16.2. The van der Waals surface area contributed by atoms with Gasteiger partial charge in [0.15, 0.2) is 0 Å². The summed E-state index contributed by atoms with van der Waals surface area (Å²) in [6.45, 7) is 8.24. The van der Waals surface area contributed by atoms with Gasteiger partial charge in [-0.1, -0.05) is 12.5 Å². The highest BCUT2D eigenvalue weighted by Gasteiger charge is 2.29. The first-order valence-electron chi connectivity index (χ1n) is 6.99. The molecule has 2 atom stereocenters. The third-order valence-corrected chi connectivity index (χ3v) is 3.70. The van der Waals surface area contributed by atoms with Crippen molar-refractivity contribution in [1.29, 1.82) is 0 Å². The largest absolute Gasteiger partial charge is 0.351 e. The number of carbonyl (C=O) groups is 1. The minimum Gasteiger partial charge on any atom is -0.351 e. The summed E-state index contributed by atoms with van der Waals surface area (Å²) in [7, 11) is 1.98. The number of hydrogen-bond donors (Lipinski definition) is 2. The molecule has 1 rings (SSSR count). The summed E-state index contributed by atoms with van der Waals surface area (Å²) in [5.41, 5.74) is 0. The summed E-state index contributed by atoms with van der Waals surface area (Å²) in [6, 6.07) is 0.503. The SMILES string of the molecule is C=CCNC(=O)C(C)N1CCCCC1CCNC. The molecule has 0 radical (unpaired) electrons. The monoisotopic (exact) mass is 253 g/mol. The predicted octanol–water partition coefficient (Wildman–Crippen LogP) is 1.14. The number of piperidine rings is 1. The first-order chi connectivity index (χ1) is 8.70. The third-order valence-electron chi connectivity index (χ3n) is 3.70. The van der Waals surface area contributed by atoms with E-state index in [4.69, 9.17) is 0 Å². The summed E-state index contributed by atoms with van der Waals surface area (Å²) in [4.78, 5) is 14.4. The number of nitrogens with one attached hydrogen (secondary N) is 2. The molecule has 0 bridgehead atoms. The Morgan fingerprint density at radius 1 is 1.56 bits per heavy atom. The lowest BCUT2D eigenvalue weighted by atomic mass is 9.97. The standard InChI is InChI=1S/C14H27N3O/c1-4-9-16-14(18)12(2)17-11-6-5-7-13(17)8-10-15-3/h4,12-13,15H,1,5-11H2,2-3H3,(H,16,18). The van der Waals surface area contributed by atoms with Crippen molar-refractivity contribution in [2.75, 3.05) is 26.7 Å². The fraction of sp³-hybridized carbons (Fsp3) is 0.786. The quantitative estimate of drug-likeness (QED) is 0.669. The van der Waals surface area contributed by atoms with Gasteiger partial charge in [-0.25, -0.2) is 0 Å². The molecular formula is C14H27N3O. The second-order valence-electron chi connectivity index (χ2n) is 4.99. The summed E-state index contributed by atoms with van der Waals surface area (Å²) < 4.78 is 0. The van der Waals surface area contributed by atoms with Gasteiger partial charge in [0.25, 0.3) is 0 Å². The number of nitrogens with zero attached hydrogens (tertiary/aromatic N) is 1. The Hall–Kier alpha value is -0.870. The fourth-order valence-corrected chi connectivity index (χ4v) is 2.62. The van der Waals surface area contributed by atoms with E-state index in [9.17, 15) is 4.79 Å². The second kappa shape index (κ2) is 8.27. The van der Waals surface area contributed by atoms with Crippen LogP contribution in [0.3, 0.4) is 0 Å². The van der Waals surface area contributed by atoms with Crippen molar-refractivity contribution in [1.82, 2.24) is 15.5 Å². The van der Waals surface area contributed by atoms with Crippen molar-refractivity contribution in [3.8, 4) is 0 Å². The van der Waals surface area contributed by atoms with E-state index in [0.29, 0.717) is 12.6 Å². The Labute approximate surface area is 111 Å². The Morgan fingerprint density at radius 3 is 3.00 bits per heavy atom. The Kier molecular flexibility index (Phi) is 6.98. The van der Waals surface area contributed by atoms with Gasteiger partial charge in [-0.3, -0.25) is 9.69 Å². The average Bonchev–Trinajstić information content (AvgIpc) is 2.42. The number of hydrogen-bond acceptors (Lipinski definition) is 3. The number of rotatable bonds is 7. The fourth-order valence-electron chi connectivity index (χ4n) is 2.62. The van der Waals surface area contributed by atoms with Crippen LogP contribution in [-0.4, -0.2) is 49.6 Å². The van der Waals surface area contributed by atoms with Crippen LogP contribution in [0.5, 0.6) is 0 Å². The molecule has 4 heteroatoms. The zero-order valence-corrected chi connectivity index (χ0v) is 11.7. The molecule has 2 unspecified atom stereocenters. The Morgan fingerprint density at radius 2 is 2.33 bits per heavy atom. The summed E-state index contributed by atoms with van der Waals surface area (Å²) in [5, 5.41) is 6.09. The molecule has 1 fully saturated rings. The number of carbonyl (C=O) groups excluding carboxylic acids is 1. The van der Waals surface area contributed by atoms with Crippen LogP contribution < -0.4 is 10.6 Å². The van der Waals surface area contributed by atoms with Crippen molar-refractivity contribution in [2.45, 2.75) is 44.7 Å². The lowest BCUT2D eigenvalue weighted by Gasteiger charge is -2.39. The van der Waals surface area contributed by atoms with Gasteiger partial charge >= 0.3 is 0 Å². The maximum atomic E-state index is 12.0. The highest BCUT2D eigenvalue weighted by molar-refractivity contribution is 5.81. The van der Waals surface area contributed by atoms with E-state index in [1.807, 2.05) is 14.0 Å². The Bertz CT molecular complexity index is 268. The molecule has 0 saturated carbocycles. The Balaban J connectivity index is 2.52. The molecule has 18 heavy (non-hydrogen) atoms. The lowest BCUT2D eigenvalue weighted by molar-refractivity contribution is -0.127. The molecular weight excluding hydrogens is 226 g/mol. The van der Waals surface area contributed by atoms with Gasteiger partial charge in [0, 0.05) is 12.6 Å². The zero-order chi connectivity index (χ0) is 13.4. The molecule has 1 aliphatic heterocycles. The molecule has 0 spiro atoms. The molecule has 1 aliphatic rings. The molecule has 1 heterocycles. The van der Waals surface area contributed by atoms with E-state index in [1.54, 1.807) is 6.08 Å². The topological polar surface area (TPSA) is 44.4 Å². The van der Waals surface area contributed by atoms with Crippen LogP contribution in [0, 0.1) is 0 Å². The van der Waals surface area contributed by atoms with Gasteiger partial charge in [0.1, 0.15) is 0 Å².